The number of amides is 1. The van der Waals surface area contributed by atoms with Crippen LogP contribution in [0.4, 0.5) is 5.69 Å². The molecular weight excluding hydrogens is 274 g/mol. The number of fused-ring (bicyclic) bond motifs is 2. The minimum Gasteiger partial charge on any atom is -0.388 e. The number of carbonyl (C=O) groups is 1. The second-order valence-corrected chi connectivity index (χ2v) is 5.91. The molecular formula is C19H17NO2. The fraction of sp³-hybridized carbons (Fsp3) is 0.211. The van der Waals surface area contributed by atoms with Gasteiger partial charge in [-0.15, -0.1) is 0 Å². The van der Waals surface area contributed by atoms with Gasteiger partial charge in [0, 0.05) is 22.7 Å². The van der Waals surface area contributed by atoms with Crippen LogP contribution in [-0.4, -0.2) is 11.0 Å². The van der Waals surface area contributed by atoms with Crippen LogP contribution in [0.2, 0.25) is 0 Å². The van der Waals surface area contributed by atoms with E-state index in [0.717, 1.165) is 40.8 Å². The molecule has 0 spiro atoms. The molecule has 1 aliphatic carbocycles. The SMILES string of the molecule is O=C1Nc2ccccc2C1=CC1CCC(O)c2ccccc21. The van der Waals surface area contributed by atoms with Crippen molar-refractivity contribution in [1.82, 2.24) is 0 Å². The van der Waals surface area contributed by atoms with Gasteiger partial charge in [-0.25, -0.2) is 0 Å². The molecule has 0 bridgehead atoms. The number of rotatable bonds is 1. The third kappa shape index (κ3) is 2.06. The first kappa shape index (κ1) is 13.3. The van der Waals surface area contributed by atoms with E-state index in [0.29, 0.717) is 0 Å². The fourth-order valence-corrected chi connectivity index (χ4v) is 3.48. The van der Waals surface area contributed by atoms with E-state index >= 15 is 0 Å². The summed E-state index contributed by atoms with van der Waals surface area (Å²) in [5, 5.41) is 13.1. The normalized spacial score (nSPS) is 24.8. The largest absolute Gasteiger partial charge is 0.388 e. The molecule has 3 heteroatoms. The van der Waals surface area contributed by atoms with E-state index in [1.807, 2.05) is 42.5 Å². The lowest BCUT2D eigenvalue weighted by Gasteiger charge is -2.27. The molecule has 1 aliphatic heterocycles. The zero-order chi connectivity index (χ0) is 15.1. The maximum absolute atomic E-state index is 12.3. The molecule has 0 saturated heterocycles. The lowest BCUT2D eigenvalue weighted by molar-refractivity contribution is -0.110. The second kappa shape index (κ2) is 5.11. The van der Waals surface area contributed by atoms with Gasteiger partial charge in [0.15, 0.2) is 0 Å². The highest BCUT2D eigenvalue weighted by atomic mass is 16.3. The Bertz CT molecular complexity index is 779. The molecule has 22 heavy (non-hydrogen) atoms. The van der Waals surface area contributed by atoms with Gasteiger partial charge in [0.1, 0.15) is 0 Å². The predicted molar refractivity (Wildman–Crippen MR) is 86.4 cm³/mol. The second-order valence-electron chi connectivity index (χ2n) is 5.91. The Morgan fingerprint density at radius 3 is 2.59 bits per heavy atom. The summed E-state index contributed by atoms with van der Waals surface area (Å²) in [5.74, 6) is 0.135. The zero-order valence-corrected chi connectivity index (χ0v) is 12.1. The number of hydrogen-bond donors (Lipinski definition) is 2. The number of allylic oxidation sites excluding steroid dienone is 1. The Hall–Kier alpha value is -2.39. The Labute approximate surface area is 129 Å². The van der Waals surface area contributed by atoms with Crippen molar-refractivity contribution in [1.29, 1.82) is 0 Å². The summed E-state index contributed by atoms with van der Waals surface area (Å²) in [6.45, 7) is 0. The Morgan fingerprint density at radius 2 is 1.73 bits per heavy atom. The highest BCUT2D eigenvalue weighted by Gasteiger charge is 2.28. The number of benzene rings is 2. The molecule has 1 amide bonds. The van der Waals surface area contributed by atoms with Crippen LogP contribution in [0.1, 0.15) is 41.6 Å². The summed E-state index contributed by atoms with van der Waals surface area (Å²) in [6.07, 6.45) is 3.26. The molecule has 2 unspecified atom stereocenters. The van der Waals surface area contributed by atoms with Crippen LogP contribution in [0.5, 0.6) is 0 Å². The van der Waals surface area contributed by atoms with Crippen molar-refractivity contribution >= 4 is 17.2 Å². The molecule has 0 radical (unpaired) electrons. The maximum atomic E-state index is 12.3. The van der Waals surface area contributed by atoms with Gasteiger partial charge >= 0.3 is 0 Å². The number of carbonyl (C=O) groups excluding carboxylic acids is 1. The minimum atomic E-state index is -0.393. The van der Waals surface area contributed by atoms with Gasteiger partial charge in [-0.2, -0.15) is 0 Å². The third-order valence-corrected chi connectivity index (χ3v) is 4.58. The topological polar surface area (TPSA) is 49.3 Å². The van der Waals surface area contributed by atoms with Crippen molar-refractivity contribution in [3.05, 3.63) is 71.3 Å². The van der Waals surface area contributed by atoms with Crippen molar-refractivity contribution in [3.63, 3.8) is 0 Å². The summed E-state index contributed by atoms with van der Waals surface area (Å²) in [4.78, 5) is 12.3. The van der Waals surface area contributed by atoms with Crippen LogP contribution < -0.4 is 5.32 Å². The van der Waals surface area contributed by atoms with Gasteiger partial charge in [-0.3, -0.25) is 4.79 Å². The van der Waals surface area contributed by atoms with Gasteiger partial charge < -0.3 is 10.4 Å². The number of aliphatic hydroxyl groups excluding tert-OH is 1. The van der Waals surface area contributed by atoms with Crippen LogP contribution in [0.25, 0.3) is 5.57 Å². The lowest BCUT2D eigenvalue weighted by atomic mass is 9.80. The average molecular weight is 291 g/mol. The first-order valence-electron chi connectivity index (χ1n) is 7.63. The fourth-order valence-electron chi connectivity index (χ4n) is 3.48. The van der Waals surface area contributed by atoms with Crippen LogP contribution in [0.15, 0.2) is 54.6 Å². The molecule has 0 fully saturated rings. The molecule has 4 rings (SSSR count). The first-order chi connectivity index (χ1) is 10.7. The van der Waals surface area contributed by atoms with E-state index < -0.39 is 6.10 Å². The number of para-hydroxylation sites is 1. The van der Waals surface area contributed by atoms with E-state index in [4.69, 9.17) is 0 Å². The minimum absolute atomic E-state index is 0.0372. The smallest absolute Gasteiger partial charge is 0.256 e. The van der Waals surface area contributed by atoms with Gasteiger partial charge in [0.05, 0.1) is 6.10 Å². The number of hydrogen-bond acceptors (Lipinski definition) is 2. The quantitative estimate of drug-likeness (QED) is 0.788. The summed E-state index contributed by atoms with van der Waals surface area (Å²) in [7, 11) is 0. The Kier molecular flexibility index (Phi) is 3.09. The highest BCUT2D eigenvalue weighted by Crippen LogP contribution is 2.41. The molecule has 2 aliphatic rings. The van der Waals surface area contributed by atoms with Crippen LogP contribution >= 0.6 is 0 Å². The molecule has 0 aromatic heterocycles. The molecule has 2 N–H and O–H groups in total. The van der Waals surface area contributed by atoms with Crippen LogP contribution in [0, 0.1) is 0 Å². The van der Waals surface area contributed by atoms with Crippen LogP contribution in [-0.2, 0) is 4.79 Å². The van der Waals surface area contributed by atoms with Gasteiger partial charge in [0.2, 0.25) is 0 Å². The molecule has 2 atom stereocenters. The lowest BCUT2D eigenvalue weighted by Crippen LogP contribution is -2.14. The molecule has 2 aromatic carbocycles. The molecule has 110 valence electrons. The summed E-state index contributed by atoms with van der Waals surface area (Å²) < 4.78 is 0. The van der Waals surface area contributed by atoms with Crippen molar-refractivity contribution in [2.45, 2.75) is 24.9 Å². The highest BCUT2D eigenvalue weighted by molar-refractivity contribution is 6.31. The van der Waals surface area contributed by atoms with Crippen molar-refractivity contribution in [2.75, 3.05) is 5.32 Å². The van der Waals surface area contributed by atoms with Crippen LogP contribution in [0.3, 0.4) is 0 Å². The standard InChI is InChI=1S/C19H17NO2/c21-18-10-9-12(13-5-1-2-7-15(13)18)11-16-14-6-3-4-8-17(14)20-19(16)22/h1-8,11-12,18,21H,9-10H2,(H,20,22). The number of aliphatic hydroxyl groups is 1. The maximum Gasteiger partial charge on any atom is 0.256 e. The van der Waals surface area contributed by atoms with E-state index in [1.165, 1.54) is 0 Å². The summed E-state index contributed by atoms with van der Waals surface area (Å²) >= 11 is 0. The van der Waals surface area contributed by atoms with E-state index in [9.17, 15) is 9.90 Å². The van der Waals surface area contributed by atoms with Crippen molar-refractivity contribution < 1.29 is 9.90 Å². The van der Waals surface area contributed by atoms with E-state index in [-0.39, 0.29) is 11.8 Å². The monoisotopic (exact) mass is 291 g/mol. The van der Waals surface area contributed by atoms with Gasteiger partial charge in [-0.05, 0) is 30.0 Å². The zero-order valence-electron chi connectivity index (χ0n) is 12.1. The van der Waals surface area contributed by atoms with E-state index in [1.54, 1.807) is 0 Å². The van der Waals surface area contributed by atoms with Crippen molar-refractivity contribution in [3.8, 4) is 0 Å². The first-order valence-corrected chi connectivity index (χ1v) is 7.63. The Morgan fingerprint density at radius 1 is 1.00 bits per heavy atom. The van der Waals surface area contributed by atoms with Gasteiger partial charge in [0.25, 0.3) is 5.91 Å². The van der Waals surface area contributed by atoms with E-state index in [2.05, 4.69) is 17.5 Å². The Balaban J connectivity index is 1.78. The average Bonchev–Trinajstić information content (AvgIpc) is 2.86. The van der Waals surface area contributed by atoms with Crippen molar-refractivity contribution in [2.24, 2.45) is 0 Å². The molecule has 0 saturated carbocycles. The molecule has 2 aromatic rings. The number of anilines is 1. The number of nitrogens with one attached hydrogen (secondary N) is 1. The molecule has 1 heterocycles. The summed E-state index contributed by atoms with van der Waals surface area (Å²) in [6, 6.07) is 15.8. The predicted octanol–water partition coefficient (Wildman–Crippen LogP) is 3.63. The third-order valence-electron chi connectivity index (χ3n) is 4.58. The molecule has 3 nitrogen and oxygen atoms in total. The summed E-state index contributed by atoms with van der Waals surface area (Å²) in [5.41, 5.74) is 4.71. The van der Waals surface area contributed by atoms with Gasteiger partial charge in [-0.1, -0.05) is 48.5 Å².